The van der Waals surface area contributed by atoms with Crippen molar-refractivity contribution in [1.29, 1.82) is 0 Å². The number of rotatable bonds is 8. The molecule has 1 fully saturated rings. The predicted molar refractivity (Wildman–Crippen MR) is 72.1 cm³/mol. The Morgan fingerprint density at radius 3 is 2.30 bits per heavy atom. The van der Waals surface area contributed by atoms with Crippen molar-refractivity contribution < 1.29 is 18.0 Å². The molecule has 0 spiro atoms. The zero-order valence-electron chi connectivity index (χ0n) is 11.8. The molecule has 0 aromatic rings. The summed E-state index contributed by atoms with van der Waals surface area (Å²) in [6.45, 7) is 0.615. The molecule has 0 aromatic carbocycles. The van der Waals surface area contributed by atoms with E-state index in [-0.39, 0.29) is 6.42 Å². The van der Waals surface area contributed by atoms with E-state index in [4.69, 9.17) is 5.73 Å². The maximum absolute atomic E-state index is 13.0. The van der Waals surface area contributed by atoms with Crippen LogP contribution in [-0.4, -0.2) is 24.7 Å². The van der Waals surface area contributed by atoms with Gasteiger partial charge in [0.25, 0.3) is 0 Å². The molecule has 1 rings (SSSR count). The molecule has 1 saturated carbocycles. The fraction of sp³-hybridized carbons (Fsp3) is 0.929. The van der Waals surface area contributed by atoms with Crippen LogP contribution in [0.4, 0.5) is 13.2 Å². The van der Waals surface area contributed by atoms with Gasteiger partial charge in [-0.3, -0.25) is 4.79 Å². The maximum atomic E-state index is 13.0. The summed E-state index contributed by atoms with van der Waals surface area (Å²) in [5.74, 6) is -0.928. The molecule has 3 N–H and O–H groups in total. The summed E-state index contributed by atoms with van der Waals surface area (Å²) in [4.78, 5) is 11.7. The highest BCUT2D eigenvalue weighted by atomic mass is 19.4. The Bertz CT molecular complexity index is 289. The van der Waals surface area contributed by atoms with Gasteiger partial charge in [0, 0.05) is 6.42 Å². The second kappa shape index (κ2) is 8.49. The molecule has 1 unspecified atom stereocenters. The van der Waals surface area contributed by atoms with Crippen molar-refractivity contribution in [3.63, 3.8) is 0 Å². The van der Waals surface area contributed by atoms with Crippen molar-refractivity contribution in [3.05, 3.63) is 0 Å². The Labute approximate surface area is 118 Å². The molecule has 6 heteroatoms. The monoisotopic (exact) mass is 294 g/mol. The molecule has 20 heavy (non-hydrogen) atoms. The first kappa shape index (κ1) is 17.3. The third-order valence-corrected chi connectivity index (χ3v) is 3.90. The first-order chi connectivity index (χ1) is 9.45. The number of carbonyl (C=O) groups is 1. The van der Waals surface area contributed by atoms with E-state index in [1.165, 1.54) is 0 Å². The van der Waals surface area contributed by atoms with Crippen molar-refractivity contribution >= 4 is 5.91 Å². The number of carbonyl (C=O) groups excluding carboxylic acids is 1. The molecule has 1 aliphatic rings. The van der Waals surface area contributed by atoms with E-state index in [0.29, 0.717) is 25.8 Å². The van der Waals surface area contributed by atoms with Crippen LogP contribution in [-0.2, 0) is 4.79 Å². The summed E-state index contributed by atoms with van der Waals surface area (Å²) in [7, 11) is 0. The van der Waals surface area contributed by atoms with Gasteiger partial charge < -0.3 is 11.1 Å². The third-order valence-electron chi connectivity index (χ3n) is 3.90. The van der Waals surface area contributed by atoms with Crippen molar-refractivity contribution in [3.8, 4) is 0 Å². The molecule has 1 atom stereocenters. The third kappa shape index (κ3) is 6.11. The van der Waals surface area contributed by atoms with Gasteiger partial charge in [0.2, 0.25) is 5.91 Å². The van der Waals surface area contributed by atoms with Crippen molar-refractivity contribution in [2.24, 2.45) is 11.7 Å². The lowest BCUT2D eigenvalue weighted by atomic mass is 9.97. The number of hydrogen-bond donors (Lipinski definition) is 2. The fourth-order valence-corrected chi connectivity index (χ4v) is 2.79. The van der Waals surface area contributed by atoms with Crippen molar-refractivity contribution in [1.82, 2.24) is 5.32 Å². The van der Waals surface area contributed by atoms with E-state index >= 15 is 0 Å². The largest absolute Gasteiger partial charge is 0.408 e. The molecule has 0 bridgehead atoms. The highest BCUT2D eigenvalue weighted by molar-refractivity contribution is 5.76. The van der Waals surface area contributed by atoms with E-state index in [2.05, 4.69) is 5.32 Å². The van der Waals surface area contributed by atoms with Gasteiger partial charge in [0.15, 0.2) is 0 Å². The van der Waals surface area contributed by atoms with Gasteiger partial charge >= 0.3 is 6.18 Å². The summed E-state index contributed by atoms with van der Waals surface area (Å²) < 4.78 is 39.0. The minimum atomic E-state index is -4.34. The number of nitrogens with two attached hydrogens (primary N) is 1. The number of alkyl halides is 3. The van der Waals surface area contributed by atoms with Gasteiger partial charge in [-0.05, 0) is 38.1 Å². The van der Waals surface area contributed by atoms with Crippen LogP contribution < -0.4 is 11.1 Å². The lowest BCUT2D eigenvalue weighted by Gasteiger charge is -2.27. The van der Waals surface area contributed by atoms with Crippen LogP contribution in [0.1, 0.15) is 57.8 Å². The number of hydrogen-bond acceptors (Lipinski definition) is 2. The standard InChI is InChI=1S/C14H25F3N2O/c15-14(16,17)13(11-7-4-5-8-11)19-12(20)9-3-1-2-6-10-18/h11,13H,1-10,18H2,(H,19,20). The SMILES string of the molecule is NCCCCCCC(=O)NC(C1CCCC1)C(F)(F)F. The molecule has 0 saturated heterocycles. The zero-order chi connectivity index (χ0) is 15.0. The average molecular weight is 294 g/mol. The Hall–Kier alpha value is -0.780. The number of unbranched alkanes of at least 4 members (excludes halogenated alkanes) is 3. The van der Waals surface area contributed by atoms with Crippen molar-refractivity contribution in [2.75, 3.05) is 6.54 Å². The molecule has 1 amide bonds. The van der Waals surface area contributed by atoms with Gasteiger partial charge in [0.1, 0.15) is 6.04 Å². The molecule has 0 heterocycles. The van der Waals surface area contributed by atoms with Crippen LogP contribution in [0.15, 0.2) is 0 Å². The van der Waals surface area contributed by atoms with Crippen LogP contribution in [0.3, 0.4) is 0 Å². The minimum Gasteiger partial charge on any atom is -0.344 e. The van der Waals surface area contributed by atoms with Crippen LogP contribution >= 0.6 is 0 Å². The summed E-state index contributed by atoms with van der Waals surface area (Å²) >= 11 is 0. The van der Waals surface area contributed by atoms with E-state index in [0.717, 1.165) is 32.1 Å². The summed E-state index contributed by atoms with van der Waals surface area (Å²) in [5, 5.41) is 2.20. The van der Waals surface area contributed by atoms with Crippen LogP contribution in [0.5, 0.6) is 0 Å². The highest BCUT2D eigenvalue weighted by Crippen LogP contribution is 2.35. The van der Waals surface area contributed by atoms with Crippen molar-refractivity contribution in [2.45, 2.75) is 70.0 Å². The predicted octanol–water partition coefficient (Wildman–Crippen LogP) is 3.13. The topological polar surface area (TPSA) is 55.1 Å². The van der Waals surface area contributed by atoms with Gasteiger partial charge in [-0.15, -0.1) is 0 Å². The second-order valence-corrected chi connectivity index (χ2v) is 5.58. The first-order valence-electron chi connectivity index (χ1n) is 7.51. The van der Waals surface area contributed by atoms with Crippen LogP contribution in [0.2, 0.25) is 0 Å². The van der Waals surface area contributed by atoms with Crippen LogP contribution in [0.25, 0.3) is 0 Å². The van der Waals surface area contributed by atoms with Gasteiger partial charge in [-0.1, -0.05) is 25.7 Å². The molecular weight excluding hydrogens is 269 g/mol. The summed E-state index contributed by atoms with van der Waals surface area (Å²) in [6.07, 6.45) is 1.88. The Kier molecular flexibility index (Phi) is 7.34. The Morgan fingerprint density at radius 2 is 1.75 bits per heavy atom. The zero-order valence-corrected chi connectivity index (χ0v) is 11.8. The average Bonchev–Trinajstić information content (AvgIpc) is 2.87. The Balaban J connectivity index is 2.35. The fourth-order valence-electron chi connectivity index (χ4n) is 2.79. The molecule has 0 aliphatic heterocycles. The number of amides is 1. The molecule has 0 radical (unpaired) electrons. The second-order valence-electron chi connectivity index (χ2n) is 5.58. The molecule has 0 aromatic heterocycles. The van der Waals surface area contributed by atoms with E-state index < -0.39 is 24.0 Å². The van der Waals surface area contributed by atoms with E-state index in [1.54, 1.807) is 0 Å². The van der Waals surface area contributed by atoms with Gasteiger partial charge in [0.05, 0.1) is 0 Å². The highest BCUT2D eigenvalue weighted by Gasteiger charge is 2.46. The quantitative estimate of drug-likeness (QED) is 0.676. The lowest BCUT2D eigenvalue weighted by molar-refractivity contribution is -0.171. The molecule has 1 aliphatic carbocycles. The maximum Gasteiger partial charge on any atom is 0.408 e. The van der Waals surface area contributed by atoms with E-state index in [1.807, 2.05) is 0 Å². The first-order valence-corrected chi connectivity index (χ1v) is 7.51. The normalized spacial score (nSPS) is 18.2. The van der Waals surface area contributed by atoms with Gasteiger partial charge in [-0.2, -0.15) is 13.2 Å². The lowest BCUT2D eigenvalue weighted by Crippen LogP contribution is -2.49. The number of nitrogens with one attached hydrogen (secondary N) is 1. The summed E-state index contributed by atoms with van der Waals surface area (Å²) in [6, 6.07) is -1.67. The van der Waals surface area contributed by atoms with Crippen LogP contribution in [0, 0.1) is 5.92 Å². The summed E-state index contributed by atoms with van der Waals surface area (Å²) in [5.41, 5.74) is 5.35. The van der Waals surface area contributed by atoms with Gasteiger partial charge in [-0.25, -0.2) is 0 Å². The number of halogens is 3. The van der Waals surface area contributed by atoms with E-state index in [9.17, 15) is 18.0 Å². The smallest absolute Gasteiger partial charge is 0.344 e. The molecule has 118 valence electrons. The minimum absolute atomic E-state index is 0.171. The molecular formula is C14H25F3N2O. The Morgan fingerprint density at radius 1 is 1.15 bits per heavy atom. The molecule has 3 nitrogen and oxygen atoms in total.